The Kier molecular flexibility index (Phi) is 1.84. The van der Waals surface area contributed by atoms with Crippen LogP contribution in [0.5, 0.6) is 0 Å². The van der Waals surface area contributed by atoms with E-state index in [1.807, 2.05) is 0 Å². The number of hydrogen-bond acceptors (Lipinski definition) is 1. The maximum Gasteiger partial charge on any atom is 1.00 e. The number of halogens is 1. The van der Waals surface area contributed by atoms with Crippen LogP contribution >= 0.6 is 28.6 Å². The summed E-state index contributed by atoms with van der Waals surface area (Å²) >= 11 is 7.80. The summed E-state index contributed by atoms with van der Waals surface area (Å²) in [5.41, 5.74) is 0.614. The molecule has 0 N–H and O–H groups in total. The monoisotopic (exact) mass is 184 g/mol. The van der Waals surface area contributed by atoms with Gasteiger partial charge in [-0.3, -0.25) is 0 Å². The molecule has 1 spiro atoms. The molecule has 2 aliphatic rings. The van der Waals surface area contributed by atoms with Crippen LogP contribution in [0, 0.1) is 10.2 Å². The first-order chi connectivity index (χ1) is 3.27. The van der Waals surface area contributed by atoms with Crippen molar-refractivity contribution >= 4 is 28.6 Å². The summed E-state index contributed by atoms with van der Waals surface area (Å²) in [4.78, 5) is 1.45. The molecule has 8 heavy (non-hydrogen) atoms. The van der Waals surface area contributed by atoms with Crippen molar-refractivity contribution in [2.45, 2.75) is 18.1 Å². The first-order valence-corrected chi connectivity index (χ1v) is 3.79. The van der Waals surface area contributed by atoms with E-state index in [1.54, 1.807) is 0 Å². The SMILES string of the molecule is SC1[C-](Br)C12CC2.[Li+]. The smallest absolute Gasteiger partial charge is 0.315 e. The van der Waals surface area contributed by atoms with Gasteiger partial charge in [-0.25, -0.2) is 17.5 Å². The molecule has 0 radical (unpaired) electrons. The van der Waals surface area contributed by atoms with Gasteiger partial charge in [0.25, 0.3) is 0 Å². The van der Waals surface area contributed by atoms with Crippen LogP contribution < -0.4 is 18.9 Å². The van der Waals surface area contributed by atoms with Gasteiger partial charge < -0.3 is 15.9 Å². The van der Waals surface area contributed by atoms with E-state index in [2.05, 4.69) is 28.6 Å². The Morgan fingerprint density at radius 3 is 2.00 bits per heavy atom. The largest absolute Gasteiger partial charge is 1.00 e. The van der Waals surface area contributed by atoms with Gasteiger partial charge >= 0.3 is 18.9 Å². The molecule has 40 valence electrons. The zero-order valence-electron chi connectivity index (χ0n) is 4.82. The fourth-order valence-electron chi connectivity index (χ4n) is 1.01. The van der Waals surface area contributed by atoms with Crippen LogP contribution in [0.1, 0.15) is 12.8 Å². The van der Waals surface area contributed by atoms with Crippen molar-refractivity contribution in [3.63, 3.8) is 0 Å². The number of thiol groups is 1. The Labute approximate surface area is 75.5 Å². The van der Waals surface area contributed by atoms with Crippen LogP contribution in [0.2, 0.25) is 0 Å². The summed E-state index contributed by atoms with van der Waals surface area (Å²) in [6.07, 6.45) is 2.75. The van der Waals surface area contributed by atoms with Crippen molar-refractivity contribution in [2.75, 3.05) is 0 Å². The molecular formula is C5H6BrLiS. The Bertz CT molecular complexity index is 103. The molecule has 0 bridgehead atoms. The molecule has 1 atom stereocenters. The van der Waals surface area contributed by atoms with Crippen molar-refractivity contribution in [1.82, 2.24) is 0 Å². The van der Waals surface area contributed by atoms with Gasteiger partial charge in [0.15, 0.2) is 0 Å². The zero-order valence-corrected chi connectivity index (χ0v) is 7.30. The van der Waals surface area contributed by atoms with Crippen molar-refractivity contribution in [2.24, 2.45) is 5.41 Å². The van der Waals surface area contributed by atoms with Crippen LogP contribution in [-0.2, 0) is 0 Å². The Morgan fingerprint density at radius 2 is 2.00 bits per heavy atom. The van der Waals surface area contributed by atoms with Gasteiger partial charge in [0, 0.05) is 0 Å². The van der Waals surface area contributed by atoms with Crippen LogP contribution in [0.3, 0.4) is 0 Å². The molecule has 2 rings (SSSR count). The normalized spacial score (nSPS) is 39.0. The van der Waals surface area contributed by atoms with Crippen LogP contribution in [0.4, 0.5) is 0 Å². The van der Waals surface area contributed by atoms with Crippen LogP contribution in [-0.4, -0.2) is 5.25 Å². The Hall–Kier alpha value is 1.43. The van der Waals surface area contributed by atoms with Crippen molar-refractivity contribution in [1.29, 1.82) is 0 Å². The second-order valence-corrected chi connectivity index (χ2v) is 3.78. The quantitative estimate of drug-likeness (QED) is 0.279. The van der Waals surface area contributed by atoms with Gasteiger partial charge in [-0.2, -0.15) is 5.41 Å². The summed E-state index contributed by atoms with van der Waals surface area (Å²) in [6.45, 7) is 0. The molecule has 0 amide bonds. The molecule has 2 saturated carbocycles. The summed E-state index contributed by atoms with van der Waals surface area (Å²) in [5.74, 6) is 0. The predicted octanol–water partition coefficient (Wildman–Crippen LogP) is -0.991. The third-order valence-corrected chi connectivity index (χ3v) is 4.30. The van der Waals surface area contributed by atoms with Gasteiger partial charge in [-0.15, -0.1) is 5.25 Å². The van der Waals surface area contributed by atoms with E-state index >= 15 is 0 Å². The van der Waals surface area contributed by atoms with E-state index in [9.17, 15) is 0 Å². The number of hydrogen-bond donors (Lipinski definition) is 1. The van der Waals surface area contributed by atoms with Gasteiger partial charge in [0.2, 0.25) is 0 Å². The Balaban J connectivity index is 0.000000320. The predicted molar refractivity (Wildman–Crippen MR) is 36.6 cm³/mol. The van der Waals surface area contributed by atoms with E-state index < -0.39 is 0 Å². The molecular weight excluding hydrogens is 179 g/mol. The fourth-order valence-corrected chi connectivity index (χ4v) is 2.71. The minimum atomic E-state index is 0. The topological polar surface area (TPSA) is 0 Å². The molecule has 0 aliphatic heterocycles. The minimum Gasteiger partial charge on any atom is -0.315 e. The molecule has 1 unspecified atom stereocenters. The van der Waals surface area contributed by atoms with E-state index in [-0.39, 0.29) is 18.9 Å². The molecule has 0 nitrogen and oxygen atoms in total. The molecule has 0 aromatic carbocycles. The second kappa shape index (κ2) is 1.95. The van der Waals surface area contributed by atoms with Gasteiger partial charge in [0.05, 0.1) is 0 Å². The molecule has 3 heteroatoms. The zero-order chi connectivity index (χ0) is 5.07. The van der Waals surface area contributed by atoms with E-state index in [4.69, 9.17) is 0 Å². The standard InChI is InChI=1S/C5H6BrS.Li/c6-3-4(7)5(3)1-2-5;/h4,7H,1-2H2;/q-1;+1. The molecule has 0 aromatic rings. The molecule has 0 aromatic heterocycles. The molecule has 0 saturated heterocycles. The van der Waals surface area contributed by atoms with Crippen LogP contribution in [0.15, 0.2) is 0 Å². The van der Waals surface area contributed by atoms with Gasteiger partial charge in [0.1, 0.15) is 0 Å². The van der Waals surface area contributed by atoms with Crippen molar-refractivity contribution in [3.8, 4) is 0 Å². The Morgan fingerprint density at radius 1 is 1.62 bits per heavy atom. The van der Waals surface area contributed by atoms with Crippen molar-refractivity contribution in [3.05, 3.63) is 4.83 Å². The fraction of sp³-hybridized carbons (Fsp3) is 0.800. The second-order valence-electron chi connectivity index (χ2n) is 2.41. The van der Waals surface area contributed by atoms with E-state index in [1.165, 1.54) is 17.7 Å². The molecule has 2 aliphatic carbocycles. The maximum absolute atomic E-state index is 4.33. The van der Waals surface area contributed by atoms with Gasteiger partial charge in [-0.05, 0) is 0 Å². The van der Waals surface area contributed by atoms with Gasteiger partial charge in [-0.1, -0.05) is 12.8 Å². The minimum absolute atomic E-state index is 0. The van der Waals surface area contributed by atoms with Crippen LogP contribution in [0.25, 0.3) is 0 Å². The number of rotatable bonds is 0. The summed E-state index contributed by atoms with van der Waals surface area (Å²) in [5, 5.41) is 0.604. The summed E-state index contributed by atoms with van der Waals surface area (Å²) in [6, 6.07) is 0. The van der Waals surface area contributed by atoms with E-state index in [0.717, 1.165) is 0 Å². The maximum atomic E-state index is 4.33. The summed E-state index contributed by atoms with van der Waals surface area (Å²) < 4.78 is 0. The third kappa shape index (κ3) is 0.735. The molecule has 0 heterocycles. The molecule has 2 fully saturated rings. The summed E-state index contributed by atoms with van der Waals surface area (Å²) in [7, 11) is 0. The average Bonchev–Trinajstić information content (AvgIpc) is 2.47. The van der Waals surface area contributed by atoms with Crippen molar-refractivity contribution < 1.29 is 18.9 Å². The average molecular weight is 185 g/mol. The van der Waals surface area contributed by atoms with E-state index in [0.29, 0.717) is 10.7 Å². The first-order valence-electron chi connectivity index (χ1n) is 2.48. The first kappa shape index (κ1) is 7.53. The third-order valence-electron chi connectivity index (χ3n) is 1.94.